The highest BCUT2D eigenvalue weighted by atomic mass is 16.6. The average molecular weight is 479 g/mol. The van der Waals surface area contributed by atoms with E-state index in [4.69, 9.17) is 5.73 Å². The van der Waals surface area contributed by atoms with Gasteiger partial charge in [-0.3, -0.25) is 29.3 Å². The van der Waals surface area contributed by atoms with E-state index in [1.165, 1.54) is 19.1 Å². The lowest BCUT2D eigenvalue weighted by Gasteiger charge is -2.27. The fourth-order valence-corrected chi connectivity index (χ4v) is 3.48. The lowest BCUT2D eigenvalue weighted by molar-refractivity contribution is -0.384. The van der Waals surface area contributed by atoms with Crippen molar-refractivity contribution >= 4 is 35.0 Å². The number of fused-ring (bicyclic) bond motifs is 1. The molecule has 0 spiro atoms. The maximum Gasteiger partial charge on any atom is 0.270 e. The van der Waals surface area contributed by atoms with Gasteiger partial charge in [-0.2, -0.15) is 0 Å². The Bertz CT molecular complexity index is 965. The zero-order valence-electron chi connectivity index (χ0n) is 19.2. The number of nitrogens with zero attached hydrogens (tertiary/aromatic N) is 1. The number of aliphatic hydroxyl groups excluding tert-OH is 1. The Morgan fingerprint density at radius 3 is 2.41 bits per heavy atom. The second-order valence-electron chi connectivity index (χ2n) is 8.55. The van der Waals surface area contributed by atoms with Crippen molar-refractivity contribution in [2.75, 3.05) is 11.9 Å². The summed E-state index contributed by atoms with van der Waals surface area (Å²) in [7, 11) is 0. The van der Waals surface area contributed by atoms with Gasteiger partial charge in [0.2, 0.25) is 17.7 Å². The largest absolute Gasteiger partial charge is 0.391 e. The van der Waals surface area contributed by atoms with Crippen LogP contribution in [-0.2, 0) is 14.4 Å². The number of non-ortho nitro benzene ring substituents is 1. The first-order chi connectivity index (χ1) is 15.9. The highest BCUT2D eigenvalue weighted by Gasteiger charge is 2.33. The third kappa shape index (κ3) is 6.88. The number of anilines is 1. The standard InChI is InChI=1S/C21H30N6O7/c1-10(2)8-16-20(31)26-17(11(3)28)21(32)24-15(18(22)29)6-7-23-14-5-4-12(27(33)34)9-13(14)19(30)25-16/h4-5,9-11,15-17,23,28H,6-8H2,1-3H3,(H2,22,29)(H,24,32)(H,25,30)(H,26,31)/t11?,15-,16?,17-/m0/s1. The summed E-state index contributed by atoms with van der Waals surface area (Å²) in [5.74, 6) is -3.17. The van der Waals surface area contributed by atoms with Gasteiger partial charge >= 0.3 is 0 Å². The molecule has 1 aromatic rings. The Kier molecular flexibility index (Phi) is 8.90. The number of carbonyl (C=O) groups excluding carboxylic acids is 4. The molecule has 0 saturated heterocycles. The summed E-state index contributed by atoms with van der Waals surface area (Å²) in [5, 5.41) is 31.7. The van der Waals surface area contributed by atoms with Crippen LogP contribution in [-0.4, -0.2) is 64.4 Å². The minimum absolute atomic E-state index is 0.00949. The van der Waals surface area contributed by atoms with Crippen LogP contribution in [0.3, 0.4) is 0 Å². The summed E-state index contributed by atoms with van der Waals surface area (Å²) in [6.45, 7) is 5.01. The normalized spacial score (nSPS) is 22.9. The molecule has 1 aliphatic heterocycles. The second-order valence-corrected chi connectivity index (χ2v) is 8.55. The Balaban J connectivity index is 2.52. The predicted molar refractivity (Wildman–Crippen MR) is 122 cm³/mol. The lowest BCUT2D eigenvalue weighted by Crippen LogP contribution is -2.59. The molecule has 7 N–H and O–H groups in total. The molecule has 186 valence electrons. The van der Waals surface area contributed by atoms with Gasteiger partial charge < -0.3 is 32.1 Å². The van der Waals surface area contributed by atoms with E-state index in [2.05, 4.69) is 21.3 Å². The molecule has 34 heavy (non-hydrogen) atoms. The van der Waals surface area contributed by atoms with Crippen LogP contribution in [0.15, 0.2) is 18.2 Å². The molecule has 0 aromatic heterocycles. The SMILES string of the molecule is CC(C)CC1NC(=O)c2cc([N+](=O)[O-])ccc2NCC[C@@H](C(N)=O)NC(=O)[C@H](C(C)O)NC1=O. The zero-order chi connectivity index (χ0) is 25.6. The van der Waals surface area contributed by atoms with E-state index in [0.717, 1.165) is 6.07 Å². The topological polar surface area (TPSA) is 206 Å². The van der Waals surface area contributed by atoms with Gasteiger partial charge in [0.1, 0.15) is 18.1 Å². The third-order valence-electron chi connectivity index (χ3n) is 5.26. The Hall–Kier alpha value is -3.74. The molecule has 1 heterocycles. The molecule has 0 radical (unpaired) electrons. The first kappa shape index (κ1) is 26.5. The number of nitrogens with two attached hydrogens (primary N) is 1. The van der Waals surface area contributed by atoms with Crippen LogP contribution in [0.5, 0.6) is 0 Å². The van der Waals surface area contributed by atoms with Crippen molar-refractivity contribution in [2.24, 2.45) is 11.7 Å². The summed E-state index contributed by atoms with van der Waals surface area (Å²) < 4.78 is 0. The molecule has 0 bridgehead atoms. The second kappa shape index (κ2) is 11.4. The molecule has 4 atom stereocenters. The fourth-order valence-electron chi connectivity index (χ4n) is 3.48. The van der Waals surface area contributed by atoms with Gasteiger partial charge in [-0.25, -0.2) is 0 Å². The van der Waals surface area contributed by atoms with Gasteiger partial charge in [-0.15, -0.1) is 0 Å². The van der Waals surface area contributed by atoms with Crippen LogP contribution in [0.4, 0.5) is 11.4 Å². The Morgan fingerprint density at radius 2 is 1.85 bits per heavy atom. The summed E-state index contributed by atoms with van der Waals surface area (Å²) in [5.41, 5.74) is 5.24. The molecule has 13 nitrogen and oxygen atoms in total. The zero-order valence-corrected chi connectivity index (χ0v) is 19.2. The van der Waals surface area contributed by atoms with Crippen LogP contribution in [0.1, 0.15) is 44.0 Å². The highest BCUT2D eigenvalue weighted by molar-refractivity contribution is 6.03. The van der Waals surface area contributed by atoms with E-state index in [0.29, 0.717) is 0 Å². The number of hydrogen-bond acceptors (Lipinski definition) is 8. The number of nitrogens with one attached hydrogen (secondary N) is 4. The lowest BCUT2D eigenvalue weighted by atomic mass is 10.0. The summed E-state index contributed by atoms with van der Waals surface area (Å²) in [4.78, 5) is 61.2. The summed E-state index contributed by atoms with van der Waals surface area (Å²) in [6, 6.07) is -0.0183. The van der Waals surface area contributed by atoms with E-state index in [1.807, 2.05) is 13.8 Å². The number of carbonyl (C=O) groups is 4. The van der Waals surface area contributed by atoms with E-state index in [-0.39, 0.29) is 42.2 Å². The van der Waals surface area contributed by atoms with Crippen LogP contribution in [0.25, 0.3) is 0 Å². The summed E-state index contributed by atoms with van der Waals surface area (Å²) in [6.07, 6.45) is -1.12. The first-order valence-electron chi connectivity index (χ1n) is 10.8. The monoisotopic (exact) mass is 478 g/mol. The van der Waals surface area contributed by atoms with Gasteiger partial charge in [-0.05, 0) is 31.7 Å². The smallest absolute Gasteiger partial charge is 0.270 e. The van der Waals surface area contributed by atoms with Crippen molar-refractivity contribution in [2.45, 2.75) is 57.8 Å². The minimum Gasteiger partial charge on any atom is -0.391 e. The first-order valence-corrected chi connectivity index (χ1v) is 10.8. The van der Waals surface area contributed by atoms with Crippen LogP contribution in [0.2, 0.25) is 0 Å². The van der Waals surface area contributed by atoms with Gasteiger partial charge in [0, 0.05) is 24.4 Å². The molecule has 0 aliphatic carbocycles. The Morgan fingerprint density at radius 1 is 1.18 bits per heavy atom. The number of aliphatic hydroxyl groups is 1. The number of hydrogen-bond donors (Lipinski definition) is 6. The molecule has 1 aliphatic rings. The van der Waals surface area contributed by atoms with E-state index < -0.39 is 52.8 Å². The predicted octanol–water partition coefficient (Wildman–Crippen LogP) is -0.609. The number of nitro benzene ring substituents is 1. The molecule has 0 saturated carbocycles. The van der Waals surface area contributed by atoms with Crippen molar-refractivity contribution in [3.05, 3.63) is 33.9 Å². The van der Waals surface area contributed by atoms with Crippen molar-refractivity contribution in [3.8, 4) is 0 Å². The molecule has 1 aromatic carbocycles. The number of rotatable bonds is 5. The quantitative estimate of drug-likeness (QED) is 0.237. The molecular weight excluding hydrogens is 448 g/mol. The molecule has 0 fully saturated rings. The Labute approximate surface area is 196 Å². The third-order valence-corrected chi connectivity index (χ3v) is 5.26. The highest BCUT2D eigenvalue weighted by Crippen LogP contribution is 2.23. The minimum atomic E-state index is -1.41. The molecule has 4 amide bonds. The number of benzene rings is 1. The number of nitro groups is 1. The van der Waals surface area contributed by atoms with Crippen molar-refractivity contribution in [1.29, 1.82) is 0 Å². The van der Waals surface area contributed by atoms with Crippen LogP contribution in [0, 0.1) is 16.0 Å². The van der Waals surface area contributed by atoms with Gasteiger partial charge in [0.05, 0.1) is 16.6 Å². The van der Waals surface area contributed by atoms with E-state index in [1.54, 1.807) is 0 Å². The fraction of sp³-hybridized carbons (Fsp3) is 0.524. The van der Waals surface area contributed by atoms with Crippen molar-refractivity contribution in [3.63, 3.8) is 0 Å². The van der Waals surface area contributed by atoms with Crippen LogP contribution < -0.4 is 27.0 Å². The number of primary amides is 1. The van der Waals surface area contributed by atoms with Crippen molar-refractivity contribution in [1.82, 2.24) is 16.0 Å². The van der Waals surface area contributed by atoms with Crippen LogP contribution >= 0.6 is 0 Å². The maximum absolute atomic E-state index is 13.1. The van der Waals surface area contributed by atoms with Crippen molar-refractivity contribution < 1.29 is 29.2 Å². The molecular formula is C21H30N6O7. The molecule has 2 rings (SSSR count). The number of amides is 4. The van der Waals surface area contributed by atoms with E-state index in [9.17, 15) is 34.4 Å². The van der Waals surface area contributed by atoms with Gasteiger partial charge in [0.25, 0.3) is 11.6 Å². The molecule has 2 unspecified atom stereocenters. The average Bonchev–Trinajstić information content (AvgIpc) is 2.74. The molecule has 13 heteroatoms. The van der Waals surface area contributed by atoms with E-state index >= 15 is 0 Å². The van der Waals surface area contributed by atoms with Gasteiger partial charge in [0.15, 0.2) is 0 Å². The summed E-state index contributed by atoms with van der Waals surface area (Å²) >= 11 is 0. The maximum atomic E-state index is 13.1. The van der Waals surface area contributed by atoms with Gasteiger partial charge in [-0.1, -0.05) is 13.8 Å².